The quantitative estimate of drug-likeness (QED) is 0.560. The van der Waals surface area contributed by atoms with Crippen molar-refractivity contribution in [2.75, 3.05) is 42.5 Å². The standard InChI is InChI=1S/C22H25N5O4S2/c1-15-14-27(16(2)28)19-13-17(6-7-20(19)31-15)33(29,30)26-10-4-9-25(11-12-26)22-24-18-5-3-8-23-21(18)32-22/h3,5-8,13,15H,4,9-12,14H2,1-2H3/t15-/m1/s1. The summed E-state index contributed by atoms with van der Waals surface area (Å²) in [6.45, 7) is 5.79. The molecule has 4 heterocycles. The van der Waals surface area contributed by atoms with Crippen molar-refractivity contribution in [2.45, 2.75) is 31.3 Å². The van der Waals surface area contributed by atoms with Crippen LogP contribution in [0.1, 0.15) is 20.3 Å². The average molecular weight is 488 g/mol. The molecule has 1 aromatic carbocycles. The van der Waals surface area contributed by atoms with Crippen LogP contribution in [0.2, 0.25) is 0 Å². The molecule has 5 rings (SSSR count). The zero-order chi connectivity index (χ0) is 23.2. The number of rotatable bonds is 3. The van der Waals surface area contributed by atoms with E-state index in [1.54, 1.807) is 29.3 Å². The van der Waals surface area contributed by atoms with Gasteiger partial charge in [-0.3, -0.25) is 4.79 Å². The Hall–Kier alpha value is -2.76. The lowest BCUT2D eigenvalue weighted by molar-refractivity contribution is -0.117. The maximum atomic E-state index is 13.5. The molecule has 0 unspecified atom stereocenters. The molecule has 9 nitrogen and oxygen atoms in total. The summed E-state index contributed by atoms with van der Waals surface area (Å²) < 4.78 is 34.3. The lowest BCUT2D eigenvalue weighted by Gasteiger charge is -2.33. The summed E-state index contributed by atoms with van der Waals surface area (Å²) in [5.41, 5.74) is 1.35. The van der Waals surface area contributed by atoms with Gasteiger partial charge in [0.25, 0.3) is 0 Å². The van der Waals surface area contributed by atoms with E-state index in [0.717, 1.165) is 22.0 Å². The van der Waals surface area contributed by atoms with Gasteiger partial charge in [-0.05, 0) is 43.7 Å². The zero-order valence-corrected chi connectivity index (χ0v) is 20.1. The molecule has 2 aliphatic rings. The molecular formula is C22H25N5O4S2. The number of ether oxygens (including phenoxy) is 1. The minimum Gasteiger partial charge on any atom is -0.487 e. The lowest BCUT2D eigenvalue weighted by atomic mass is 10.2. The number of amides is 1. The summed E-state index contributed by atoms with van der Waals surface area (Å²) in [6.07, 6.45) is 2.28. The first-order valence-corrected chi connectivity index (χ1v) is 13.1. The monoisotopic (exact) mass is 487 g/mol. The molecule has 1 saturated heterocycles. The summed E-state index contributed by atoms with van der Waals surface area (Å²) in [7, 11) is -3.73. The molecule has 33 heavy (non-hydrogen) atoms. The van der Waals surface area contributed by atoms with Gasteiger partial charge >= 0.3 is 0 Å². The summed E-state index contributed by atoms with van der Waals surface area (Å²) in [6, 6.07) is 8.56. The number of nitrogens with zero attached hydrogens (tertiary/aromatic N) is 5. The Morgan fingerprint density at radius 3 is 2.82 bits per heavy atom. The Bertz CT molecular complexity index is 1280. The number of carbonyl (C=O) groups is 1. The number of hydrogen-bond acceptors (Lipinski definition) is 8. The van der Waals surface area contributed by atoms with E-state index in [0.29, 0.717) is 44.0 Å². The SMILES string of the molecule is CC(=O)N1C[C@@H](C)Oc2ccc(S(=O)(=O)N3CCCN(c4nc5cccnc5s4)CC3)cc21. The van der Waals surface area contributed by atoms with Crippen molar-refractivity contribution in [3.63, 3.8) is 0 Å². The van der Waals surface area contributed by atoms with Crippen molar-refractivity contribution in [2.24, 2.45) is 0 Å². The molecule has 0 N–H and O–H groups in total. The molecule has 0 aliphatic carbocycles. The van der Waals surface area contributed by atoms with E-state index < -0.39 is 10.0 Å². The molecule has 2 aliphatic heterocycles. The first-order chi connectivity index (χ1) is 15.8. The topological polar surface area (TPSA) is 95.9 Å². The van der Waals surface area contributed by atoms with Crippen LogP contribution in [0.15, 0.2) is 41.4 Å². The molecule has 3 aromatic rings. The van der Waals surface area contributed by atoms with Crippen LogP contribution in [0.25, 0.3) is 10.3 Å². The zero-order valence-electron chi connectivity index (χ0n) is 18.5. The first-order valence-electron chi connectivity index (χ1n) is 10.9. The highest BCUT2D eigenvalue weighted by Crippen LogP contribution is 2.36. The van der Waals surface area contributed by atoms with Gasteiger partial charge in [-0.15, -0.1) is 0 Å². The summed E-state index contributed by atoms with van der Waals surface area (Å²) >= 11 is 1.52. The van der Waals surface area contributed by atoms with Crippen LogP contribution in [0.5, 0.6) is 5.75 Å². The fourth-order valence-electron chi connectivity index (χ4n) is 4.24. The molecule has 174 valence electrons. The number of sulfonamides is 1. The highest BCUT2D eigenvalue weighted by molar-refractivity contribution is 7.89. The van der Waals surface area contributed by atoms with Crippen LogP contribution in [-0.4, -0.2) is 67.4 Å². The van der Waals surface area contributed by atoms with Crippen LogP contribution < -0.4 is 14.5 Å². The average Bonchev–Trinajstić information content (AvgIpc) is 3.06. The molecule has 11 heteroatoms. The van der Waals surface area contributed by atoms with Crippen molar-refractivity contribution in [1.82, 2.24) is 14.3 Å². The highest BCUT2D eigenvalue weighted by Gasteiger charge is 2.31. The number of fused-ring (bicyclic) bond motifs is 2. The van der Waals surface area contributed by atoms with E-state index in [4.69, 9.17) is 4.74 Å². The minimum atomic E-state index is -3.73. The van der Waals surface area contributed by atoms with E-state index in [1.165, 1.54) is 22.6 Å². The second kappa shape index (κ2) is 8.54. The third-order valence-electron chi connectivity index (χ3n) is 5.89. The number of hydrogen-bond donors (Lipinski definition) is 0. The van der Waals surface area contributed by atoms with Gasteiger partial charge < -0.3 is 14.5 Å². The van der Waals surface area contributed by atoms with Gasteiger partial charge in [-0.25, -0.2) is 18.4 Å². The number of pyridine rings is 1. The van der Waals surface area contributed by atoms with E-state index >= 15 is 0 Å². The number of anilines is 2. The summed E-state index contributed by atoms with van der Waals surface area (Å²) in [5.74, 6) is 0.381. The van der Waals surface area contributed by atoms with E-state index in [9.17, 15) is 13.2 Å². The first kappa shape index (κ1) is 22.1. The molecule has 1 fully saturated rings. The van der Waals surface area contributed by atoms with E-state index in [-0.39, 0.29) is 16.9 Å². The Morgan fingerprint density at radius 1 is 1.18 bits per heavy atom. The van der Waals surface area contributed by atoms with Gasteiger partial charge in [-0.1, -0.05) is 11.3 Å². The van der Waals surface area contributed by atoms with Gasteiger partial charge in [0.1, 0.15) is 22.2 Å². The second-order valence-electron chi connectivity index (χ2n) is 8.26. The third-order valence-corrected chi connectivity index (χ3v) is 8.82. The molecule has 2 aromatic heterocycles. The maximum Gasteiger partial charge on any atom is 0.243 e. The molecule has 0 radical (unpaired) electrons. The normalized spacial score (nSPS) is 19.8. The fraction of sp³-hybridized carbons (Fsp3) is 0.409. The smallest absolute Gasteiger partial charge is 0.243 e. The molecule has 1 amide bonds. The van der Waals surface area contributed by atoms with E-state index in [2.05, 4.69) is 14.9 Å². The van der Waals surface area contributed by atoms with E-state index in [1.807, 2.05) is 19.1 Å². The minimum absolute atomic E-state index is 0.142. The molecular weight excluding hydrogens is 462 g/mol. The predicted molar refractivity (Wildman–Crippen MR) is 128 cm³/mol. The van der Waals surface area contributed by atoms with Gasteiger partial charge in [0.15, 0.2) is 5.13 Å². The largest absolute Gasteiger partial charge is 0.487 e. The van der Waals surface area contributed by atoms with Crippen molar-refractivity contribution in [3.05, 3.63) is 36.5 Å². The number of aromatic nitrogens is 2. The number of thiazole rings is 1. The predicted octanol–water partition coefficient (Wildman–Crippen LogP) is 2.73. The van der Waals surface area contributed by atoms with Gasteiger partial charge in [-0.2, -0.15) is 4.31 Å². The molecule has 0 spiro atoms. The Kier molecular flexibility index (Phi) is 5.71. The van der Waals surface area contributed by atoms with Crippen molar-refractivity contribution >= 4 is 48.4 Å². The molecule has 1 atom stereocenters. The summed E-state index contributed by atoms with van der Waals surface area (Å²) in [4.78, 5) is 25.9. The van der Waals surface area contributed by atoms with Crippen molar-refractivity contribution in [3.8, 4) is 5.75 Å². The summed E-state index contributed by atoms with van der Waals surface area (Å²) in [5, 5.41) is 0.861. The van der Waals surface area contributed by atoms with Crippen LogP contribution in [0, 0.1) is 0 Å². The highest BCUT2D eigenvalue weighted by atomic mass is 32.2. The number of carbonyl (C=O) groups excluding carboxylic acids is 1. The van der Waals surface area contributed by atoms with Crippen LogP contribution in [0.4, 0.5) is 10.8 Å². The van der Waals surface area contributed by atoms with Gasteiger partial charge in [0, 0.05) is 39.3 Å². The Morgan fingerprint density at radius 2 is 2.03 bits per heavy atom. The van der Waals surface area contributed by atoms with Gasteiger partial charge in [0.05, 0.1) is 17.1 Å². The Balaban J connectivity index is 1.38. The van der Waals surface area contributed by atoms with Crippen LogP contribution in [-0.2, 0) is 14.8 Å². The van der Waals surface area contributed by atoms with Crippen LogP contribution >= 0.6 is 11.3 Å². The lowest BCUT2D eigenvalue weighted by Crippen LogP contribution is -2.41. The third kappa shape index (κ3) is 4.16. The number of benzene rings is 1. The Labute approximate surface area is 196 Å². The van der Waals surface area contributed by atoms with Crippen molar-refractivity contribution < 1.29 is 17.9 Å². The fourth-order valence-corrected chi connectivity index (χ4v) is 6.69. The maximum absolute atomic E-state index is 13.5. The molecule has 0 bridgehead atoms. The van der Waals surface area contributed by atoms with Gasteiger partial charge in [0.2, 0.25) is 15.9 Å². The van der Waals surface area contributed by atoms with Crippen LogP contribution in [0.3, 0.4) is 0 Å². The molecule has 0 saturated carbocycles. The van der Waals surface area contributed by atoms with Crippen molar-refractivity contribution in [1.29, 1.82) is 0 Å². The second-order valence-corrected chi connectivity index (χ2v) is 11.2.